The lowest BCUT2D eigenvalue weighted by Gasteiger charge is -2.06. The maximum Gasteiger partial charge on any atom is 0.407 e. The number of carbonyl (C=O) groups excluding carboxylic acids is 1. The van der Waals surface area contributed by atoms with Crippen LogP contribution in [0.25, 0.3) is 11.5 Å². The summed E-state index contributed by atoms with van der Waals surface area (Å²) in [7, 11) is 0. The molecule has 0 aromatic carbocycles. The van der Waals surface area contributed by atoms with Gasteiger partial charge < -0.3 is 19.7 Å². The van der Waals surface area contributed by atoms with Gasteiger partial charge in [0.1, 0.15) is 11.4 Å². The Kier molecular flexibility index (Phi) is 5.35. The van der Waals surface area contributed by atoms with E-state index in [0.29, 0.717) is 23.8 Å². The summed E-state index contributed by atoms with van der Waals surface area (Å²) in [6.45, 7) is 4.45. The lowest BCUT2D eigenvalue weighted by atomic mass is 10.1. The molecule has 2 heterocycles. The highest BCUT2D eigenvalue weighted by Crippen LogP contribution is 2.25. The van der Waals surface area contributed by atoms with E-state index in [0.717, 1.165) is 18.4 Å². The number of nitrogens with zero attached hydrogens (tertiary/aromatic N) is 2. The maximum absolute atomic E-state index is 11.6. The summed E-state index contributed by atoms with van der Waals surface area (Å²) in [5, 5.41) is 15.8. The monoisotopic (exact) mass is 305 g/mol. The predicted molar refractivity (Wildman–Crippen MR) is 79.2 cm³/mol. The molecule has 118 valence electrons. The van der Waals surface area contributed by atoms with Crippen LogP contribution in [0, 0.1) is 6.92 Å². The molecular weight excluding hydrogens is 286 g/mol. The van der Waals surface area contributed by atoms with Crippen LogP contribution in [-0.2, 0) is 11.3 Å². The second-order valence-electron chi connectivity index (χ2n) is 4.82. The van der Waals surface area contributed by atoms with Crippen molar-refractivity contribution in [1.82, 2.24) is 15.5 Å². The zero-order valence-electron chi connectivity index (χ0n) is 12.6. The van der Waals surface area contributed by atoms with Gasteiger partial charge in [0.05, 0.1) is 25.0 Å². The Balaban J connectivity index is 2.03. The van der Waals surface area contributed by atoms with E-state index in [2.05, 4.69) is 15.5 Å². The number of carbonyl (C=O) groups is 1. The number of aromatic hydroxyl groups is 1. The second kappa shape index (κ2) is 7.44. The van der Waals surface area contributed by atoms with Crippen LogP contribution in [0.2, 0.25) is 0 Å². The van der Waals surface area contributed by atoms with Crippen molar-refractivity contribution < 1.29 is 19.2 Å². The lowest BCUT2D eigenvalue weighted by molar-refractivity contribution is 0.144. The lowest BCUT2D eigenvalue weighted by Crippen LogP contribution is -2.24. The maximum atomic E-state index is 11.6. The van der Waals surface area contributed by atoms with Gasteiger partial charge in [0.2, 0.25) is 0 Å². The van der Waals surface area contributed by atoms with Crippen molar-refractivity contribution in [2.75, 3.05) is 6.61 Å². The molecule has 7 heteroatoms. The SMILES string of the molecule is CCCCOC(=O)NCc1c(C)noc1-c1ccc(O)cn1. The fourth-order valence-corrected chi connectivity index (χ4v) is 1.84. The van der Waals surface area contributed by atoms with Crippen molar-refractivity contribution in [1.29, 1.82) is 0 Å². The average Bonchev–Trinajstić information content (AvgIpc) is 2.87. The number of unbranched alkanes of at least 4 members (excludes halogenated alkanes) is 1. The molecule has 0 aliphatic rings. The standard InChI is InChI=1S/C15H19N3O4/c1-3-4-7-21-15(20)17-9-12-10(2)18-22-14(12)13-6-5-11(19)8-16-13/h5-6,8,19H,3-4,7,9H2,1-2H3,(H,17,20). The fraction of sp³-hybridized carbons (Fsp3) is 0.400. The Labute approximate surface area is 128 Å². The highest BCUT2D eigenvalue weighted by atomic mass is 16.5. The number of rotatable bonds is 6. The van der Waals surface area contributed by atoms with Crippen LogP contribution in [0.3, 0.4) is 0 Å². The van der Waals surface area contributed by atoms with Crippen molar-refractivity contribution >= 4 is 6.09 Å². The Morgan fingerprint density at radius 3 is 2.95 bits per heavy atom. The summed E-state index contributed by atoms with van der Waals surface area (Å²) in [6, 6.07) is 3.13. The van der Waals surface area contributed by atoms with E-state index in [1.807, 2.05) is 6.92 Å². The molecule has 0 saturated heterocycles. The number of alkyl carbamates (subject to hydrolysis) is 1. The molecular formula is C15H19N3O4. The molecule has 2 rings (SSSR count). The normalized spacial score (nSPS) is 10.5. The van der Waals surface area contributed by atoms with Gasteiger partial charge in [-0.15, -0.1) is 0 Å². The molecule has 2 N–H and O–H groups in total. The minimum Gasteiger partial charge on any atom is -0.506 e. The largest absolute Gasteiger partial charge is 0.506 e. The van der Waals surface area contributed by atoms with Gasteiger partial charge in [-0.05, 0) is 25.5 Å². The Bertz CT molecular complexity index is 622. The van der Waals surface area contributed by atoms with Crippen LogP contribution < -0.4 is 5.32 Å². The van der Waals surface area contributed by atoms with Crippen LogP contribution in [0.1, 0.15) is 31.0 Å². The zero-order chi connectivity index (χ0) is 15.9. The molecule has 7 nitrogen and oxygen atoms in total. The average molecular weight is 305 g/mol. The minimum atomic E-state index is -0.473. The molecule has 0 radical (unpaired) electrons. The van der Waals surface area contributed by atoms with Crippen LogP contribution in [0.15, 0.2) is 22.9 Å². The van der Waals surface area contributed by atoms with Crippen molar-refractivity contribution in [3.05, 3.63) is 29.6 Å². The highest BCUT2D eigenvalue weighted by molar-refractivity contribution is 5.68. The number of nitrogens with one attached hydrogen (secondary N) is 1. The Morgan fingerprint density at radius 2 is 2.27 bits per heavy atom. The van der Waals surface area contributed by atoms with Crippen molar-refractivity contribution in [3.8, 4) is 17.2 Å². The van der Waals surface area contributed by atoms with Crippen molar-refractivity contribution in [2.45, 2.75) is 33.2 Å². The molecule has 2 aromatic rings. The summed E-state index contributed by atoms with van der Waals surface area (Å²) in [5.41, 5.74) is 1.93. The van der Waals surface area contributed by atoms with Gasteiger partial charge in [-0.2, -0.15) is 0 Å². The van der Waals surface area contributed by atoms with E-state index in [1.165, 1.54) is 12.3 Å². The first-order valence-corrected chi connectivity index (χ1v) is 7.13. The molecule has 0 aliphatic heterocycles. The molecule has 0 fully saturated rings. The van der Waals surface area contributed by atoms with Gasteiger partial charge in [-0.1, -0.05) is 18.5 Å². The summed E-state index contributed by atoms with van der Waals surface area (Å²) < 4.78 is 10.3. The number of amides is 1. The number of hydrogen-bond acceptors (Lipinski definition) is 6. The summed E-state index contributed by atoms with van der Waals surface area (Å²) in [4.78, 5) is 15.7. The smallest absolute Gasteiger partial charge is 0.407 e. The number of ether oxygens (including phenoxy) is 1. The number of aryl methyl sites for hydroxylation is 1. The fourth-order valence-electron chi connectivity index (χ4n) is 1.84. The first-order chi connectivity index (χ1) is 10.6. The number of pyridine rings is 1. The molecule has 0 aliphatic carbocycles. The van der Waals surface area contributed by atoms with Gasteiger partial charge >= 0.3 is 6.09 Å². The Morgan fingerprint density at radius 1 is 1.45 bits per heavy atom. The molecule has 0 spiro atoms. The highest BCUT2D eigenvalue weighted by Gasteiger charge is 2.17. The van der Waals surface area contributed by atoms with E-state index in [4.69, 9.17) is 9.26 Å². The second-order valence-corrected chi connectivity index (χ2v) is 4.82. The quantitative estimate of drug-likeness (QED) is 0.796. The molecule has 2 aromatic heterocycles. The molecule has 0 bridgehead atoms. The first-order valence-electron chi connectivity index (χ1n) is 7.13. The molecule has 0 unspecified atom stereocenters. The topological polar surface area (TPSA) is 97.5 Å². The molecule has 0 saturated carbocycles. The van der Waals surface area contributed by atoms with Crippen molar-refractivity contribution in [2.24, 2.45) is 0 Å². The van der Waals surface area contributed by atoms with E-state index < -0.39 is 6.09 Å². The minimum absolute atomic E-state index is 0.0687. The Hall–Kier alpha value is -2.57. The molecule has 1 amide bonds. The van der Waals surface area contributed by atoms with E-state index >= 15 is 0 Å². The predicted octanol–water partition coefficient (Wildman–Crippen LogP) is 2.78. The number of hydrogen-bond donors (Lipinski definition) is 2. The van der Waals surface area contributed by atoms with Gasteiger partial charge in [-0.25, -0.2) is 9.78 Å². The van der Waals surface area contributed by atoms with Crippen LogP contribution >= 0.6 is 0 Å². The van der Waals surface area contributed by atoms with Crippen LogP contribution in [0.5, 0.6) is 5.75 Å². The van der Waals surface area contributed by atoms with Crippen molar-refractivity contribution in [3.63, 3.8) is 0 Å². The summed E-state index contributed by atoms with van der Waals surface area (Å²) in [6.07, 6.45) is 2.65. The molecule has 0 atom stereocenters. The first kappa shape index (κ1) is 15.8. The zero-order valence-corrected chi connectivity index (χ0v) is 12.6. The van der Waals surface area contributed by atoms with E-state index in [-0.39, 0.29) is 12.3 Å². The van der Waals surface area contributed by atoms with Gasteiger partial charge in [-0.3, -0.25) is 0 Å². The van der Waals surface area contributed by atoms with Crippen LogP contribution in [-0.4, -0.2) is 27.9 Å². The third kappa shape index (κ3) is 3.97. The van der Waals surface area contributed by atoms with Gasteiger partial charge in [0.15, 0.2) is 5.76 Å². The van der Waals surface area contributed by atoms with E-state index in [9.17, 15) is 9.90 Å². The van der Waals surface area contributed by atoms with Gasteiger partial charge in [0.25, 0.3) is 0 Å². The van der Waals surface area contributed by atoms with Crippen LogP contribution in [0.4, 0.5) is 4.79 Å². The third-order valence-corrected chi connectivity index (χ3v) is 3.11. The van der Waals surface area contributed by atoms with Gasteiger partial charge in [0, 0.05) is 5.56 Å². The molecule has 22 heavy (non-hydrogen) atoms. The van der Waals surface area contributed by atoms with E-state index in [1.54, 1.807) is 13.0 Å². The summed E-state index contributed by atoms with van der Waals surface area (Å²) in [5.74, 6) is 0.533. The third-order valence-electron chi connectivity index (χ3n) is 3.11. The number of aromatic nitrogens is 2. The summed E-state index contributed by atoms with van der Waals surface area (Å²) >= 11 is 0.